The van der Waals surface area contributed by atoms with Crippen molar-refractivity contribution in [2.75, 3.05) is 5.32 Å². The number of hydrogen-bond acceptors (Lipinski definition) is 3. The molecular weight excluding hydrogens is 259 g/mol. The number of aryl methyl sites for hydroxylation is 1. The van der Waals surface area contributed by atoms with E-state index in [0.29, 0.717) is 0 Å². The zero-order chi connectivity index (χ0) is 13.2. The van der Waals surface area contributed by atoms with E-state index in [1.807, 2.05) is 18.2 Å². The standard InChI is InChI=1S/C15H15FN2S/c16-12-4-8-15-11(9-12)3-7-14(18-15)10-1-5-13(19-17)6-2-10/h1-2,4-6,8-9,14,18H,3,7,17H2. The minimum Gasteiger partial charge on any atom is -0.378 e. The van der Waals surface area contributed by atoms with Crippen molar-refractivity contribution in [1.29, 1.82) is 0 Å². The number of nitrogens with one attached hydrogen (secondary N) is 1. The van der Waals surface area contributed by atoms with Crippen LogP contribution in [0.1, 0.15) is 23.6 Å². The largest absolute Gasteiger partial charge is 0.378 e. The van der Waals surface area contributed by atoms with Gasteiger partial charge in [-0.1, -0.05) is 12.1 Å². The van der Waals surface area contributed by atoms with Crippen LogP contribution in [0.15, 0.2) is 47.4 Å². The molecule has 0 aliphatic carbocycles. The molecule has 0 bridgehead atoms. The van der Waals surface area contributed by atoms with E-state index in [1.54, 1.807) is 6.07 Å². The molecule has 0 saturated heterocycles. The molecule has 19 heavy (non-hydrogen) atoms. The van der Waals surface area contributed by atoms with Crippen LogP contribution in [-0.2, 0) is 6.42 Å². The van der Waals surface area contributed by atoms with E-state index in [2.05, 4.69) is 17.4 Å². The molecule has 1 atom stereocenters. The van der Waals surface area contributed by atoms with Crippen molar-refractivity contribution in [3.63, 3.8) is 0 Å². The number of hydrogen-bond donors (Lipinski definition) is 2. The molecule has 1 unspecified atom stereocenters. The molecule has 4 heteroatoms. The molecule has 0 spiro atoms. The van der Waals surface area contributed by atoms with Gasteiger partial charge in [0.25, 0.3) is 0 Å². The molecule has 0 fully saturated rings. The van der Waals surface area contributed by atoms with Gasteiger partial charge in [0.15, 0.2) is 0 Å². The van der Waals surface area contributed by atoms with Gasteiger partial charge in [-0.15, -0.1) is 0 Å². The lowest BCUT2D eigenvalue weighted by Crippen LogP contribution is -2.18. The average Bonchev–Trinajstić information content (AvgIpc) is 2.47. The highest BCUT2D eigenvalue weighted by atomic mass is 32.2. The monoisotopic (exact) mass is 274 g/mol. The minimum absolute atomic E-state index is 0.164. The maximum absolute atomic E-state index is 13.2. The molecular formula is C15H15FN2S. The molecule has 0 amide bonds. The summed E-state index contributed by atoms with van der Waals surface area (Å²) in [5.74, 6) is -0.164. The third-order valence-electron chi connectivity index (χ3n) is 3.52. The third-order valence-corrected chi connectivity index (χ3v) is 4.06. The number of benzene rings is 2. The molecule has 3 N–H and O–H groups in total. The fraction of sp³-hybridized carbons (Fsp3) is 0.200. The normalized spacial score (nSPS) is 17.7. The van der Waals surface area contributed by atoms with Crippen molar-refractivity contribution in [2.24, 2.45) is 5.14 Å². The smallest absolute Gasteiger partial charge is 0.123 e. The first-order valence-electron chi connectivity index (χ1n) is 6.28. The molecule has 3 rings (SSSR count). The SMILES string of the molecule is NSc1ccc(C2CCc3cc(F)ccc3N2)cc1. The minimum atomic E-state index is -0.164. The highest BCUT2D eigenvalue weighted by Crippen LogP contribution is 2.33. The molecule has 2 aromatic rings. The van der Waals surface area contributed by atoms with E-state index < -0.39 is 0 Å². The maximum atomic E-state index is 13.2. The van der Waals surface area contributed by atoms with Gasteiger partial charge in [-0.2, -0.15) is 0 Å². The Morgan fingerprint density at radius 3 is 2.68 bits per heavy atom. The van der Waals surface area contributed by atoms with Gasteiger partial charge < -0.3 is 5.32 Å². The Morgan fingerprint density at radius 2 is 1.95 bits per heavy atom. The van der Waals surface area contributed by atoms with E-state index in [-0.39, 0.29) is 11.9 Å². The van der Waals surface area contributed by atoms with Gasteiger partial charge in [-0.3, -0.25) is 5.14 Å². The summed E-state index contributed by atoms with van der Waals surface area (Å²) >= 11 is 1.25. The van der Waals surface area contributed by atoms with Gasteiger partial charge in [0.05, 0.1) is 6.04 Å². The molecule has 1 aliphatic heterocycles. The lowest BCUT2D eigenvalue weighted by atomic mass is 9.93. The molecule has 98 valence electrons. The first-order valence-corrected chi connectivity index (χ1v) is 7.16. The summed E-state index contributed by atoms with van der Waals surface area (Å²) in [4.78, 5) is 1.06. The van der Waals surface area contributed by atoms with Gasteiger partial charge in [0.2, 0.25) is 0 Å². The molecule has 1 heterocycles. The second-order valence-electron chi connectivity index (χ2n) is 4.72. The van der Waals surface area contributed by atoms with Crippen LogP contribution in [-0.4, -0.2) is 0 Å². The predicted molar refractivity (Wildman–Crippen MR) is 77.6 cm³/mol. The number of fused-ring (bicyclic) bond motifs is 1. The quantitative estimate of drug-likeness (QED) is 0.816. The summed E-state index contributed by atoms with van der Waals surface area (Å²) < 4.78 is 13.2. The zero-order valence-corrected chi connectivity index (χ0v) is 11.2. The van der Waals surface area contributed by atoms with Gasteiger partial charge in [-0.25, -0.2) is 4.39 Å². The highest BCUT2D eigenvalue weighted by molar-refractivity contribution is 7.97. The fourth-order valence-electron chi connectivity index (χ4n) is 2.50. The highest BCUT2D eigenvalue weighted by Gasteiger charge is 2.19. The van der Waals surface area contributed by atoms with Crippen molar-refractivity contribution < 1.29 is 4.39 Å². The summed E-state index contributed by atoms with van der Waals surface area (Å²) in [5, 5.41) is 8.99. The van der Waals surface area contributed by atoms with Gasteiger partial charge in [0, 0.05) is 10.6 Å². The molecule has 2 nitrogen and oxygen atoms in total. The van der Waals surface area contributed by atoms with Crippen LogP contribution in [0.5, 0.6) is 0 Å². The Balaban J connectivity index is 1.82. The Labute approximate surface area is 116 Å². The van der Waals surface area contributed by atoms with Crippen molar-refractivity contribution in [3.8, 4) is 0 Å². The van der Waals surface area contributed by atoms with Crippen LogP contribution in [0.3, 0.4) is 0 Å². The third kappa shape index (κ3) is 2.60. The van der Waals surface area contributed by atoms with E-state index in [0.717, 1.165) is 29.0 Å². The first-order chi connectivity index (χ1) is 9.26. The van der Waals surface area contributed by atoms with Gasteiger partial charge >= 0.3 is 0 Å². The lowest BCUT2D eigenvalue weighted by molar-refractivity contribution is 0.616. The Bertz CT molecular complexity index is 583. The predicted octanol–water partition coefficient (Wildman–Crippen LogP) is 3.89. The summed E-state index contributed by atoms with van der Waals surface area (Å²) in [6, 6.07) is 13.5. The van der Waals surface area contributed by atoms with Crippen molar-refractivity contribution in [2.45, 2.75) is 23.8 Å². The Hall–Kier alpha value is -1.52. The number of anilines is 1. The molecule has 0 aromatic heterocycles. The molecule has 0 radical (unpaired) electrons. The van der Waals surface area contributed by atoms with Gasteiger partial charge in [0.1, 0.15) is 5.82 Å². The van der Waals surface area contributed by atoms with Crippen molar-refractivity contribution in [3.05, 3.63) is 59.4 Å². The van der Waals surface area contributed by atoms with Crippen LogP contribution in [0.2, 0.25) is 0 Å². The van der Waals surface area contributed by atoms with Gasteiger partial charge in [-0.05, 0) is 66.2 Å². The summed E-state index contributed by atoms with van der Waals surface area (Å²) in [6.07, 6.45) is 1.88. The second kappa shape index (κ2) is 5.23. The summed E-state index contributed by atoms with van der Waals surface area (Å²) in [5.41, 5.74) is 3.34. The summed E-state index contributed by atoms with van der Waals surface area (Å²) in [6.45, 7) is 0. The van der Waals surface area contributed by atoms with Crippen LogP contribution in [0.25, 0.3) is 0 Å². The topological polar surface area (TPSA) is 38.0 Å². The fourth-order valence-corrected chi connectivity index (χ4v) is 2.79. The molecule has 0 saturated carbocycles. The number of rotatable bonds is 2. The van der Waals surface area contributed by atoms with Crippen LogP contribution >= 0.6 is 11.9 Å². The van der Waals surface area contributed by atoms with Crippen LogP contribution < -0.4 is 10.5 Å². The Kier molecular flexibility index (Phi) is 3.44. The first kappa shape index (κ1) is 12.5. The van der Waals surface area contributed by atoms with E-state index in [9.17, 15) is 4.39 Å². The van der Waals surface area contributed by atoms with Crippen molar-refractivity contribution in [1.82, 2.24) is 0 Å². The second-order valence-corrected chi connectivity index (χ2v) is 5.43. The number of halogens is 1. The van der Waals surface area contributed by atoms with Crippen LogP contribution in [0.4, 0.5) is 10.1 Å². The number of nitrogens with two attached hydrogens (primary N) is 1. The van der Waals surface area contributed by atoms with E-state index in [4.69, 9.17) is 5.14 Å². The van der Waals surface area contributed by atoms with E-state index >= 15 is 0 Å². The summed E-state index contributed by atoms with van der Waals surface area (Å²) in [7, 11) is 0. The maximum Gasteiger partial charge on any atom is 0.123 e. The zero-order valence-electron chi connectivity index (χ0n) is 10.4. The van der Waals surface area contributed by atoms with Crippen LogP contribution in [0, 0.1) is 5.82 Å². The average molecular weight is 274 g/mol. The lowest BCUT2D eigenvalue weighted by Gasteiger charge is -2.27. The van der Waals surface area contributed by atoms with E-state index in [1.165, 1.54) is 23.6 Å². The molecule has 1 aliphatic rings. The van der Waals surface area contributed by atoms with Crippen molar-refractivity contribution >= 4 is 17.6 Å². The Morgan fingerprint density at radius 1 is 1.16 bits per heavy atom. The molecule has 2 aromatic carbocycles.